The van der Waals surface area contributed by atoms with Crippen molar-refractivity contribution in [1.82, 2.24) is 20.0 Å². The summed E-state index contributed by atoms with van der Waals surface area (Å²) in [6.07, 6.45) is -1.31. The molecule has 2 amide bonds. The van der Waals surface area contributed by atoms with Crippen molar-refractivity contribution < 1.29 is 27.2 Å². The smallest absolute Gasteiger partial charge is 0.406 e. The number of hydrazine groups is 1. The van der Waals surface area contributed by atoms with Gasteiger partial charge in [-0.2, -0.15) is 9.98 Å². The number of nitrogens with two attached hydrogens (primary N) is 2. The first kappa shape index (κ1) is 22.8. The highest BCUT2D eigenvalue weighted by Crippen LogP contribution is 2.56. The molecule has 1 aliphatic carbocycles. The lowest BCUT2D eigenvalue weighted by molar-refractivity contribution is -0.274. The number of piperidine rings is 1. The van der Waals surface area contributed by atoms with Gasteiger partial charge in [0.15, 0.2) is 5.82 Å². The average Bonchev–Trinajstić information content (AvgIpc) is 3.21. The Bertz CT molecular complexity index is 1020. The normalized spacial score (nSPS) is 18.8. The lowest BCUT2D eigenvalue weighted by atomic mass is 9.57. The van der Waals surface area contributed by atoms with E-state index in [0.29, 0.717) is 24.5 Å². The van der Waals surface area contributed by atoms with E-state index in [1.54, 1.807) is 4.90 Å². The first-order valence-corrected chi connectivity index (χ1v) is 10.3. The second kappa shape index (κ2) is 8.54. The number of aliphatic imine (C=N–C) groups is 1. The zero-order valence-corrected chi connectivity index (χ0v) is 17.9. The van der Waals surface area contributed by atoms with Crippen LogP contribution in [0.25, 0.3) is 11.5 Å². The summed E-state index contributed by atoms with van der Waals surface area (Å²) in [6.45, 7) is 1.17. The van der Waals surface area contributed by atoms with Crippen molar-refractivity contribution in [1.29, 1.82) is 0 Å². The number of alkyl halides is 3. The monoisotopic (exact) mass is 467 g/mol. The quantitative estimate of drug-likeness (QED) is 0.304. The first-order chi connectivity index (χ1) is 15.5. The molecule has 0 bridgehead atoms. The molecule has 1 aliphatic heterocycles. The number of hydrogen-bond donors (Lipinski definition) is 2. The van der Waals surface area contributed by atoms with E-state index in [0.717, 1.165) is 30.7 Å². The van der Waals surface area contributed by atoms with Crippen molar-refractivity contribution in [3.05, 3.63) is 30.1 Å². The van der Waals surface area contributed by atoms with Gasteiger partial charge in [-0.05, 0) is 55.4 Å². The maximum absolute atomic E-state index is 12.3. The second-order valence-electron chi connectivity index (χ2n) is 8.49. The van der Waals surface area contributed by atoms with E-state index in [9.17, 15) is 18.0 Å². The molecular weight excluding hydrogens is 443 g/mol. The fraction of sp³-hybridized carbons (Fsp3) is 0.500. The van der Waals surface area contributed by atoms with Gasteiger partial charge in [0.25, 0.3) is 5.89 Å². The van der Waals surface area contributed by atoms with Crippen molar-refractivity contribution in [2.45, 2.75) is 38.0 Å². The second-order valence-corrected chi connectivity index (χ2v) is 8.49. The Hall–Kier alpha value is -3.35. The van der Waals surface area contributed by atoms with E-state index >= 15 is 0 Å². The average molecular weight is 467 g/mol. The lowest BCUT2D eigenvalue weighted by Gasteiger charge is -2.51. The number of guanidine groups is 1. The number of ether oxygens (including phenoxy) is 1. The van der Waals surface area contributed by atoms with Crippen LogP contribution < -0.4 is 16.3 Å². The minimum Gasteiger partial charge on any atom is -0.406 e. The number of benzene rings is 1. The molecule has 2 heterocycles. The number of aromatic nitrogens is 2. The maximum atomic E-state index is 12.3. The van der Waals surface area contributed by atoms with Gasteiger partial charge in [0.2, 0.25) is 5.96 Å². The SMILES string of the molecule is CN(N)/C(N)=N\C(=O)N1CCC2(CC1)CC(c1noc(-c3ccc(OC(F)(F)F)cc3)n1)C2. The van der Waals surface area contributed by atoms with Crippen LogP contribution in [0.15, 0.2) is 33.8 Å². The van der Waals surface area contributed by atoms with Crippen molar-refractivity contribution in [3.8, 4) is 17.2 Å². The molecule has 1 saturated carbocycles. The number of amides is 2. The van der Waals surface area contributed by atoms with Gasteiger partial charge in [0, 0.05) is 31.6 Å². The van der Waals surface area contributed by atoms with E-state index < -0.39 is 12.4 Å². The van der Waals surface area contributed by atoms with E-state index in [4.69, 9.17) is 16.1 Å². The van der Waals surface area contributed by atoms with E-state index in [1.807, 2.05) is 0 Å². The first-order valence-electron chi connectivity index (χ1n) is 10.3. The molecule has 33 heavy (non-hydrogen) atoms. The Morgan fingerprint density at radius 3 is 2.48 bits per heavy atom. The van der Waals surface area contributed by atoms with Gasteiger partial charge >= 0.3 is 12.4 Å². The lowest BCUT2D eigenvalue weighted by Crippen LogP contribution is -2.48. The topological polar surface area (TPSA) is 136 Å². The van der Waals surface area contributed by atoms with Crippen molar-refractivity contribution in [2.24, 2.45) is 22.0 Å². The van der Waals surface area contributed by atoms with Crippen LogP contribution in [0, 0.1) is 5.41 Å². The molecule has 13 heteroatoms. The Kier molecular flexibility index (Phi) is 5.91. The Morgan fingerprint density at radius 2 is 1.91 bits per heavy atom. The summed E-state index contributed by atoms with van der Waals surface area (Å²) in [7, 11) is 1.51. The molecule has 2 aliphatic rings. The molecule has 2 aromatic rings. The van der Waals surface area contributed by atoms with Crippen LogP contribution in [0.5, 0.6) is 5.75 Å². The standard InChI is InChI=1S/C20H24F3N7O3/c1-29(25)17(24)27-18(31)30-8-6-19(7-9-30)10-13(11-19)15-26-16(33-28-15)12-2-4-14(5-3-12)32-20(21,22)23/h2-5,13H,6-11,25H2,1H3,(H2,24,27,31). The van der Waals surface area contributed by atoms with Crippen LogP contribution >= 0.6 is 0 Å². The van der Waals surface area contributed by atoms with E-state index in [1.165, 1.54) is 31.3 Å². The molecule has 0 atom stereocenters. The van der Waals surface area contributed by atoms with Gasteiger partial charge in [-0.3, -0.25) is 5.01 Å². The number of urea groups is 1. The van der Waals surface area contributed by atoms with Crippen LogP contribution in [0.1, 0.15) is 37.4 Å². The fourth-order valence-electron chi connectivity index (χ4n) is 4.31. The molecule has 4 rings (SSSR count). The third kappa shape index (κ3) is 5.18. The summed E-state index contributed by atoms with van der Waals surface area (Å²) >= 11 is 0. The van der Waals surface area contributed by atoms with Gasteiger partial charge in [-0.15, -0.1) is 13.2 Å². The number of nitrogens with zero attached hydrogens (tertiary/aromatic N) is 5. The Balaban J connectivity index is 1.31. The van der Waals surface area contributed by atoms with Crippen LogP contribution in [-0.4, -0.2) is 58.5 Å². The van der Waals surface area contributed by atoms with Gasteiger partial charge in [0.1, 0.15) is 5.75 Å². The van der Waals surface area contributed by atoms with Gasteiger partial charge in [-0.1, -0.05) is 5.16 Å². The van der Waals surface area contributed by atoms with Crippen LogP contribution in [0.4, 0.5) is 18.0 Å². The number of halogens is 3. The Morgan fingerprint density at radius 1 is 1.27 bits per heavy atom. The maximum Gasteiger partial charge on any atom is 0.573 e. The minimum absolute atomic E-state index is 0.0422. The van der Waals surface area contributed by atoms with Crippen LogP contribution in [0.3, 0.4) is 0 Å². The number of carbonyl (C=O) groups excluding carboxylic acids is 1. The summed E-state index contributed by atoms with van der Waals surface area (Å²) in [5.74, 6) is 6.06. The zero-order chi connectivity index (χ0) is 23.8. The number of likely N-dealkylation sites (tertiary alicyclic amines) is 1. The third-order valence-electron chi connectivity index (χ3n) is 6.17. The summed E-state index contributed by atoms with van der Waals surface area (Å²) < 4.78 is 46.1. The van der Waals surface area contributed by atoms with E-state index in [-0.39, 0.29) is 28.9 Å². The molecule has 2 fully saturated rings. The summed E-state index contributed by atoms with van der Waals surface area (Å²) in [5, 5.41) is 5.14. The summed E-state index contributed by atoms with van der Waals surface area (Å²) in [4.78, 5) is 22.1. The molecule has 4 N–H and O–H groups in total. The molecular formula is C20H24F3N7O3. The Labute approximate surface area is 187 Å². The highest BCUT2D eigenvalue weighted by molar-refractivity contribution is 5.91. The molecule has 178 valence electrons. The molecule has 10 nitrogen and oxygen atoms in total. The number of carbonyl (C=O) groups is 1. The van der Waals surface area contributed by atoms with Crippen LogP contribution in [-0.2, 0) is 0 Å². The van der Waals surface area contributed by atoms with Crippen LogP contribution in [0.2, 0.25) is 0 Å². The van der Waals surface area contributed by atoms with Gasteiger partial charge in [0.05, 0.1) is 0 Å². The number of rotatable bonds is 3. The molecule has 0 radical (unpaired) electrons. The largest absolute Gasteiger partial charge is 0.573 e. The van der Waals surface area contributed by atoms with Crippen molar-refractivity contribution >= 4 is 12.0 Å². The fourth-order valence-corrected chi connectivity index (χ4v) is 4.31. The summed E-state index contributed by atoms with van der Waals surface area (Å²) in [6, 6.07) is 4.87. The molecule has 0 unspecified atom stereocenters. The van der Waals surface area contributed by atoms with E-state index in [2.05, 4.69) is 19.9 Å². The van der Waals surface area contributed by atoms with Gasteiger partial charge < -0.3 is 19.9 Å². The molecule has 1 aromatic heterocycles. The predicted molar refractivity (Wildman–Crippen MR) is 111 cm³/mol. The predicted octanol–water partition coefficient (Wildman–Crippen LogP) is 2.84. The highest BCUT2D eigenvalue weighted by atomic mass is 19.4. The third-order valence-corrected chi connectivity index (χ3v) is 6.17. The zero-order valence-electron chi connectivity index (χ0n) is 17.9. The number of hydrogen-bond acceptors (Lipinski definition) is 6. The van der Waals surface area contributed by atoms with Crippen molar-refractivity contribution in [2.75, 3.05) is 20.1 Å². The van der Waals surface area contributed by atoms with Crippen molar-refractivity contribution in [3.63, 3.8) is 0 Å². The molecule has 1 spiro atoms. The highest BCUT2D eigenvalue weighted by Gasteiger charge is 2.48. The minimum atomic E-state index is -4.75. The molecule has 1 saturated heterocycles. The van der Waals surface area contributed by atoms with Gasteiger partial charge in [-0.25, -0.2) is 10.6 Å². The molecule has 1 aromatic carbocycles. The summed E-state index contributed by atoms with van der Waals surface area (Å²) in [5.41, 5.74) is 6.23.